The first-order valence-electron chi connectivity index (χ1n) is 10.8. The summed E-state index contributed by atoms with van der Waals surface area (Å²) in [6, 6.07) is 12.4. The Kier molecular flexibility index (Phi) is 6.57. The first-order valence-corrected chi connectivity index (χ1v) is 10.8. The van der Waals surface area contributed by atoms with Crippen molar-refractivity contribution in [2.75, 3.05) is 13.1 Å². The van der Waals surface area contributed by atoms with Crippen LogP contribution in [-0.2, 0) is 11.6 Å². The van der Waals surface area contributed by atoms with Gasteiger partial charge in [-0.2, -0.15) is 13.2 Å². The van der Waals surface area contributed by atoms with E-state index in [4.69, 9.17) is 0 Å². The van der Waals surface area contributed by atoms with E-state index in [0.29, 0.717) is 11.5 Å². The summed E-state index contributed by atoms with van der Waals surface area (Å²) in [6.07, 6.45) is -3.52. The van der Waals surface area contributed by atoms with Gasteiger partial charge in [-0.1, -0.05) is 57.2 Å². The molecule has 1 fully saturated rings. The van der Waals surface area contributed by atoms with Crippen molar-refractivity contribution in [3.05, 3.63) is 59.7 Å². The van der Waals surface area contributed by atoms with Crippen LogP contribution >= 0.6 is 0 Å². The number of piperidine rings is 1. The van der Waals surface area contributed by atoms with E-state index >= 15 is 0 Å². The van der Waals surface area contributed by atoms with Crippen LogP contribution in [0.2, 0.25) is 0 Å². The standard InChI is InChI=1S/C25H32F3NO2/c1-17-13-15-29(16-14-17)22(30)24(4,31)23(2,3)21-8-6-5-7-20(21)18-9-11-19(12-10-18)25(26,27)28/h5-12,17,22,30-31H,13-16H2,1-4H3. The van der Waals surface area contributed by atoms with Gasteiger partial charge < -0.3 is 10.2 Å². The van der Waals surface area contributed by atoms with Gasteiger partial charge >= 0.3 is 6.18 Å². The van der Waals surface area contributed by atoms with Gasteiger partial charge in [0.25, 0.3) is 0 Å². The molecular formula is C25H32F3NO2. The van der Waals surface area contributed by atoms with Gasteiger partial charge in [0.05, 0.1) is 5.56 Å². The number of alkyl halides is 3. The van der Waals surface area contributed by atoms with Crippen molar-refractivity contribution in [3.8, 4) is 11.1 Å². The van der Waals surface area contributed by atoms with Gasteiger partial charge in [0.15, 0.2) is 0 Å². The highest BCUT2D eigenvalue weighted by molar-refractivity contribution is 5.69. The van der Waals surface area contributed by atoms with Gasteiger partial charge in [0, 0.05) is 18.5 Å². The topological polar surface area (TPSA) is 43.7 Å². The molecule has 2 atom stereocenters. The summed E-state index contributed by atoms with van der Waals surface area (Å²) in [7, 11) is 0. The van der Waals surface area contributed by atoms with E-state index in [1.54, 1.807) is 6.92 Å². The minimum Gasteiger partial charge on any atom is -0.385 e. The lowest BCUT2D eigenvalue weighted by molar-refractivity contribution is -0.176. The molecule has 1 saturated heterocycles. The zero-order valence-corrected chi connectivity index (χ0v) is 18.6. The van der Waals surface area contributed by atoms with E-state index in [2.05, 4.69) is 6.92 Å². The number of aliphatic hydroxyl groups excluding tert-OH is 1. The average Bonchev–Trinajstić information content (AvgIpc) is 2.73. The second-order valence-electron chi connectivity index (χ2n) is 9.49. The fourth-order valence-electron chi connectivity index (χ4n) is 4.34. The molecule has 3 rings (SSSR count). The zero-order valence-electron chi connectivity index (χ0n) is 18.6. The Morgan fingerprint density at radius 3 is 2.03 bits per heavy atom. The Morgan fingerprint density at radius 1 is 0.935 bits per heavy atom. The zero-order chi connectivity index (χ0) is 23.0. The lowest BCUT2D eigenvalue weighted by Gasteiger charge is -2.48. The van der Waals surface area contributed by atoms with Gasteiger partial charge in [-0.3, -0.25) is 4.90 Å². The predicted octanol–water partition coefficient (Wildman–Crippen LogP) is 5.45. The highest BCUT2D eigenvalue weighted by atomic mass is 19.4. The first-order chi connectivity index (χ1) is 14.4. The van der Waals surface area contributed by atoms with Crippen LogP contribution in [0.25, 0.3) is 11.1 Å². The molecule has 2 aromatic carbocycles. The number of likely N-dealkylation sites (tertiary alicyclic amines) is 1. The lowest BCUT2D eigenvalue weighted by atomic mass is 9.67. The summed E-state index contributed by atoms with van der Waals surface area (Å²) in [5.74, 6) is 0.599. The first kappa shape index (κ1) is 23.8. The van der Waals surface area contributed by atoms with Crippen LogP contribution in [0.1, 0.15) is 51.7 Å². The van der Waals surface area contributed by atoms with Gasteiger partial charge in [-0.05, 0) is 54.5 Å². The molecule has 2 aromatic rings. The van der Waals surface area contributed by atoms with E-state index in [9.17, 15) is 23.4 Å². The number of aliphatic hydroxyl groups is 2. The van der Waals surface area contributed by atoms with Crippen molar-refractivity contribution < 1.29 is 23.4 Å². The van der Waals surface area contributed by atoms with Crippen LogP contribution in [0.15, 0.2) is 48.5 Å². The van der Waals surface area contributed by atoms with Crippen LogP contribution < -0.4 is 0 Å². The van der Waals surface area contributed by atoms with E-state index in [1.165, 1.54) is 12.1 Å². The van der Waals surface area contributed by atoms with Gasteiger partial charge in [0.1, 0.15) is 11.8 Å². The van der Waals surface area contributed by atoms with Crippen LogP contribution in [0.3, 0.4) is 0 Å². The van der Waals surface area contributed by atoms with Crippen molar-refractivity contribution in [2.45, 2.75) is 64.0 Å². The maximum absolute atomic E-state index is 13.0. The van der Waals surface area contributed by atoms with E-state index < -0.39 is 29.0 Å². The molecule has 0 spiro atoms. The van der Waals surface area contributed by atoms with Crippen LogP contribution in [0, 0.1) is 5.92 Å². The summed E-state index contributed by atoms with van der Waals surface area (Å²) in [4.78, 5) is 1.92. The number of halogens is 3. The average molecular weight is 436 g/mol. The monoisotopic (exact) mass is 435 g/mol. The Morgan fingerprint density at radius 2 is 1.48 bits per heavy atom. The highest BCUT2D eigenvalue weighted by Crippen LogP contribution is 2.43. The van der Waals surface area contributed by atoms with Crippen LogP contribution in [-0.4, -0.2) is 40.0 Å². The summed E-state index contributed by atoms with van der Waals surface area (Å²) < 4.78 is 38.9. The smallest absolute Gasteiger partial charge is 0.385 e. The minimum absolute atomic E-state index is 0.599. The maximum Gasteiger partial charge on any atom is 0.416 e. The van der Waals surface area contributed by atoms with Crippen LogP contribution in [0.4, 0.5) is 13.2 Å². The van der Waals surface area contributed by atoms with Crippen molar-refractivity contribution in [3.63, 3.8) is 0 Å². The summed E-state index contributed by atoms with van der Waals surface area (Å²) in [5.41, 5.74) is -0.932. The Labute approximate surface area is 182 Å². The van der Waals surface area contributed by atoms with Gasteiger partial charge in [0.2, 0.25) is 0 Å². The normalized spacial score (nSPS) is 19.8. The number of nitrogens with zero attached hydrogens (tertiary/aromatic N) is 1. The molecule has 2 unspecified atom stereocenters. The molecule has 0 saturated carbocycles. The molecule has 6 heteroatoms. The SMILES string of the molecule is CC1CCN(C(O)C(C)(O)C(C)(C)c2ccccc2-c2ccc(C(F)(F)F)cc2)CC1. The molecule has 0 amide bonds. The molecule has 0 radical (unpaired) electrons. The second-order valence-corrected chi connectivity index (χ2v) is 9.49. The minimum atomic E-state index is -4.39. The lowest BCUT2D eigenvalue weighted by Crippen LogP contribution is -2.61. The summed E-state index contributed by atoms with van der Waals surface area (Å²) in [6.45, 7) is 8.99. The molecule has 0 bridgehead atoms. The molecule has 3 nitrogen and oxygen atoms in total. The molecule has 0 aromatic heterocycles. The van der Waals surface area contributed by atoms with Crippen molar-refractivity contribution in [2.24, 2.45) is 5.92 Å². The molecule has 1 aliphatic rings. The second kappa shape index (κ2) is 8.57. The fourth-order valence-corrected chi connectivity index (χ4v) is 4.34. The highest BCUT2D eigenvalue weighted by Gasteiger charge is 2.49. The van der Waals surface area contributed by atoms with Gasteiger partial charge in [-0.15, -0.1) is 0 Å². The Balaban J connectivity index is 1.96. The third-order valence-corrected chi connectivity index (χ3v) is 7.06. The maximum atomic E-state index is 13.0. The molecule has 0 aliphatic carbocycles. The van der Waals surface area contributed by atoms with E-state index in [0.717, 1.165) is 49.2 Å². The number of benzene rings is 2. The van der Waals surface area contributed by atoms with Crippen LogP contribution in [0.5, 0.6) is 0 Å². The largest absolute Gasteiger partial charge is 0.416 e. The van der Waals surface area contributed by atoms with E-state index in [-0.39, 0.29) is 0 Å². The molecule has 2 N–H and O–H groups in total. The third kappa shape index (κ3) is 4.66. The molecule has 1 heterocycles. The van der Waals surface area contributed by atoms with Crippen molar-refractivity contribution >= 4 is 0 Å². The number of hydrogen-bond donors (Lipinski definition) is 2. The van der Waals surface area contributed by atoms with Crippen molar-refractivity contribution in [1.82, 2.24) is 4.90 Å². The third-order valence-electron chi connectivity index (χ3n) is 7.06. The summed E-state index contributed by atoms with van der Waals surface area (Å²) in [5, 5.41) is 22.7. The molecule has 170 valence electrons. The quantitative estimate of drug-likeness (QED) is 0.656. The number of rotatable bonds is 5. The van der Waals surface area contributed by atoms with Crippen molar-refractivity contribution in [1.29, 1.82) is 0 Å². The molecule has 31 heavy (non-hydrogen) atoms. The number of hydrogen-bond acceptors (Lipinski definition) is 3. The summed E-state index contributed by atoms with van der Waals surface area (Å²) >= 11 is 0. The molecular weight excluding hydrogens is 403 g/mol. The van der Waals surface area contributed by atoms with E-state index in [1.807, 2.05) is 43.0 Å². The fraction of sp³-hybridized carbons (Fsp3) is 0.520. The molecule has 1 aliphatic heterocycles. The predicted molar refractivity (Wildman–Crippen MR) is 117 cm³/mol. The van der Waals surface area contributed by atoms with Gasteiger partial charge in [-0.25, -0.2) is 0 Å². The Hall–Kier alpha value is -1.89. The Bertz CT molecular complexity index is 882.